The maximum Gasteiger partial charge on any atom is 0.292 e. The third-order valence-electron chi connectivity index (χ3n) is 2.87. The van der Waals surface area contributed by atoms with Gasteiger partial charge in [0.05, 0.1) is 17.7 Å². The molecule has 3 aromatic rings. The molecule has 3 rings (SSSR count). The van der Waals surface area contributed by atoms with E-state index in [1.807, 2.05) is 0 Å². The van der Waals surface area contributed by atoms with Crippen molar-refractivity contribution in [3.63, 3.8) is 0 Å². The van der Waals surface area contributed by atoms with E-state index in [9.17, 15) is 9.59 Å². The van der Waals surface area contributed by atoms with Crippen LogP contribution < -0.4 is 10.6 Å². The van der Waals surface area contributed by atoms with Gasteiger partial charge >= 0.3 is 0 Å². The fourth-order valence-corrected chi connectivity index (χ4v) is 2.40. The zero-order chi connectivity index (χ0) is 17.6. The van der Waals surface area contributed by atoms with Crippen molar-refractivity contribution >= 4 is 35.3 Å². The fourth-order valence-electron chi connectivity index (χ4n) is 1.78. The summed E-state index contributed by atoms with van der Waals surface area (Å²) in [4.78, 5) is 23.6. The van der Waals surface area contributed by atoms with Crippen LogP contribution in [-0.4, -0.2) is 32.9 Å². The van der Waals surface area contributed by atoms with E-state index in [4.69, 9.17) is 8.94 Å². The Labute approximate surface area is 146 Å². The van der Waals surface area contributed by atoms with E-state index in [1.165, 1.54) is 18.0 Å². The average molecular weight is 359 g/mol. The zero-order valence-electron chi connectivity index (χ0n) is 13.1. The quantitative estimate of drug-likeness (QED) is 0.643. The first kappa shape index (κ1) is 16.7. The average Bonchev–Trinajstić information content (AvgIpc) is 3.26. The number of aryl methyl sites for hydroxylation is 1. The van der Waals surface area contributed by atoms with E-state index in [1.54, 1.807) is 37.3 Å². The van der Waals surface area contributed by atoms with Crippen molar-refractivity contribution in [2.24, 2.45) is 0 Å². The molecular weight excluding hydrogens is 346 g/mol. The monoisotopic (exact) mass is 359 g/mol. The molecule has 3 heterocycles. The molecule has 0 bridgehead atoms. The Morgan fingerprint density at radius 2 is 2.08 bits per heavy atom. The summed E-state index contributed by atoms with van der Waals surface area (Å²) in [6, 6.07) is 8.03. The number of carbonyl (C=O) groups excluding carboxylic acids is 2. The molecule has 0 saturated heterocycles. The third kappa shape index (κ3) is 4.67. The van der Waals surface area contributed by atoms with Crippen LogP contribution in [0.25, 0.3) is 0 Å². The van der Waals surface area contributed by atoms with Gasteiger partial charge in [-0.1, -0.05) is 16.9 Å². The van der Waals surface area contributed by atoms with E-state index < -0.39 is 5.91 Å². The van der Waals surface area contributed by atoms with Crippen molar-refractivity contribution < 1.29 is 18.5 Å². The Balaban J connectivity index is 1.49. The van der Waals surface area contributed by atoms with Crippen molar-refractivity contribution in [2.75, 3.05) is 16.4 Å². The van der Waals surface area contributed by atoms with Crippen LogP contribution in [0, 0.1) is 6.92 Å². The number of hydrogen-bond acceptors (Lipinski definition) is 8. The molecule has 10 heteroatoms. The lowest BCUT2D eigenvalue weighted by Crippen LogP contribution is -2.14. The van der Waals surface area contributed by atoms with Crippen molar-refractivity contribution in [1.29, 1.82) is 0 Å². The molecule has 128 valence electrons. The summed E-state index contributed by atoms with van der Waals surface area (Å²) < 4.78 is 9.89. The Morgan fingerprint density at radius 1 is 1.20 bits per heavy atom. The highest BCUT2D eigenvalue weighted by Gasteiger charge is 2.11. The summed E-state index contributed by atoms with van der Waals surface area (Å²) in [5.74, 6) is 0.226. The molecule has 25 heavy (non-hydrogen) atoms. The van der Waals surface area contributed by atoms with Crippen LogP contribution in [0.15, 0.2) is 50.6 Å². The summed E-state index contributed by atoms with van der Waals surface area (Å²) in [7, 11) is 0. The van der Waals surface area contributed by atoms with Crippen molar-refractivity contribution in [1.82, 2.24) is 15.4 Å². The second-order valence-electron chi connectivity index (χ2n) is 4.86. The minimum Gasteiger partial charge on any atom is -0.459 e. The number of nitrogens with one attached hydrogen (secondary N) is 2. The molecule has 9 nitrogen and oxygen atoms in total. The molecule has 0 aliphatic carbocycles. The second-order valence-corrected chi connectivity index (χ2v) is 5.85. The standard InChI is InChI=1S/C15H13N5O4S/c1-9-7-13(24-20-9)17-12(21)8-25-14-5-4-11(18-19-14)16-15(22)10-3-2-6-23-10/h2-7H,8H2,1H3,(H,17,21)(H,16,18,22). The molecule has 2 amide bonds. The van der Waals surface area contributed by atoms with E-state index in [0.29, 0.717) is 16.6 Å². The first-order valence-corrected chi connectivity index (χ1v) is 8.13. The zero-order valence-corrected chi connectivity index (χ0v) is 13.9. The smallest absolute Gasteiger partial charge is 0.292 e. The number of aromatic nitrogens is 3. The maximum absolute atomic E-state index is 11.8. The van der Waals surface area contributed by atoms with Crippen molar-refractivity contribution in [3.05, 3.63) is 48.0 Å². The Hall–Kier alpha value is -3.14. The molecule has 0 spiro atoms. The molecular formula is C15H13N5O4S. The number of rotatable bonds is 6. The summed E-state index contributed by atoms with van der Waals surface area (Å²) in [6.07, 6.45) is 1.41. The fraction of sp³-hybridized carbons (Fsp3) is 0.133. The van der Waals surface area contributed by atoms with Crippen LogP contribution >= 0.6 is 11.8 Å². The largest absolute Gasteiger partial charge is 0.459 e. The first-order chi connectivity index (χ1) is 12.1. The van der Waals surface area contributed by atoms with Gasteiger partial charge in [0.2, 0.25) is 11.8 Å². The molecule has 0 unspecified atom stereocenters. The van der Waals surface area contributed by atoms with Crippen molar-refractivity contribution in [2.45, 2.75) is 11.9 Å². The van der Waals surface area contributed by atoms with Crippen LogP contribution in [-0.2, 0) is 4.79 Å². The van der Waals surface area contributed by atoms with Gasteiger partial charge in [-0.25, -0.2) is 0 Å². The predicted octanol–water partition coefficient (Wildman–Crippen LogP) is 2.35. The number of hydrogen-bond donors (Lipinski definition) is 2. The molecule has 0 saturated carbocycles. The highest BCUT2D eigenvalue weighted by Crippen LogP contribution is 2.17. The number of anilines is 2. The second kappa shape index (κ2) is 7.62. The molecule has 0 aliphatic heterocycles. The molecule has 0 aliphatic rings. The third-order valence-corrected chi connectivity index (χ3v) is 3.79. The van der Waals surface area contributed by atoms with Gasteiger partial charge in [-0.3, -0.25) is 14.9 Å². The topological polar surface area (TPSA) is 123 Å². The molecule has 0 atom stereocenters. The van der Waals surface area contributed by atoms with E-state index in [-0.39, 0.29) is 23.2 Å². The first-order valence-electron chi connectivity index (χ1n) is 7.15. The minimum absolute atomic E-state index is 0.131. The van der Waals surface area contributed by atoms with Gasteiger partial charge in [-0.15, -0.1) is 10.2 Å². The summed E-state index contributed by atoms with van der Waals surface area (Å²) in [5.41, 5.74) is 0.681. The normalized spacial score (nSPS) is 10.4. The van der Waals surface area contributed by atoms with Gasteiger partial charge in [0, 0.05) is 6.07 Å². The Bertz CT molecular complexity index is 860. The summed E-state index contributed by atoms with van der Waals surface area (Å²) >= 11 is 1.20. The summed E-state index contributed by atoms with van der Waals surface area (Å²) in [6.45, 7) is 1.76. The van der Waals surface area contributed by atoms with Crippen molar-refractivity contribution in [3.8, 4) is 0 Å². The van der Waals surface area contributed by atoms with Gasteiger partial charge in [0.15, 0.2) is 11.6 Å². The molecule has 0 fully saturated rings. The van der Waals surface area contributed by atoms with Crippen LogP contribution in [0.2, 0.25) is 0 Å². The molecule has 2 N–H and O–H groups in total. The van der Waals surface area contributed by atoms with Crippen LogP contribution in [0.1, 0.15) is 16.2 Å². The van der Waals surface area contributed by atoms with Gasteiger partial charge in [-0.2, -0.15) is 0 Å². The van der Waals surface area contributed by atoms with Gasteiger partial charge in [0.1, 0.15) is 5.03 Å². The lowest BCUT2D eigenvalue weighted by Gasteiger charge is -2.03. The SMILES string of the molecule is Cc1cc(NC(=O)CSc2ccc(NC(=O)c3ccco3)nn2)on1. The molecule has 0 radical (unpaired) electrons. The number of carbonyl (C=O) groups is 2. The minimum atomic E-state index is -0.415. The Kier molecular flexibility index (Phi) is 5.09. The predicted molar refractivity (Wildman–Crippen MR) is 89.3 cm³/mol. The number of nitrogens with zero attached hydrogens (tertiary/aromatic N) is 3. The van der Waals surface area contributed by atoms with Crippen LogP contribution in [0.5, 0.6) is 0 Å². The van der Waals surface area contributed by atoms with Gasteiger partial charge < -0.3 is 14.3 Å². The number of amides is 2. The lowest BCUT2D eigenvalue weighted by atomic mass is 10.4. The highest BCUT2D eigenvalue weighted by molar-refractivity contribution is 7.99. The lowest BCUT2D eigenvalue weighted by molar-refractivity contribution is -0.113. The Morgan fingerprint density at radius 3 is 2.72 bits per heavy atom. The van der Waals surface area contributed by atoms with E-state index in [2.05, 4.69) is 26.0 Å². The maximum atomic E-state index is 11.8. The number of furan rings is 1. The van der Waals surface area contributed by atoms with E-state index in [0.717, 1.165) is 0 Å². The molecule has 3 aromatic heterocycles. The van der Waals surface area contributed by atoms with Crippen LogP contribution in [0.3, 0.4) is 0 Å². The van der Waals surface area contributed by atoms with Gasteiger partial charge in [-0.05, 0) is 31.2 Å². The van der Waals surface area contributed by atoms with E-state index >= 15 is 0 Å². The van der Waals surface area contributed by atoms with Crippen LogP contribution in [0.4, 0.5) is 11.7 Å². The summed E-state index contributed by atoms with van der Waals surface area (Å²) in [5, 5.41) is 17.2. The number of thioether (sulfide) groups is 1. The highest BCUT2D eigenvalue weighted by atomic mass is 32.2. The van der Waals surface area contributed by atoms with Gasteiger partial charge in [0.25, 0.3) is 5.91 Å². The molecule has 0 aromatic carbocycles.